The van der Waals surface area contributed by atoms with E-state index in [1.54, 1.807) is 16.2 Å². The number of hydrogen-bond acceptors (Lipinski definition) is 6. The van der Waals surface area contributed by atoms with Crippen molar-refractivity contribution in [2.75, 3.05) is 0 Å². The van der Waals surface area contributed by atoms with Crippen LogP contribution in [0, 0.1) is 6.92 Å². The van der Waals surface area contributed by atoms with Gasteiger partial charge in [0.2, 0.25) is 0 Å². The van der Waals surface area contributed by atoms with Crippen LogP contribution in [0.3, 0.4) is 0 Å². The molecule has 0 radical (unpaired) electrons. The highest BCUT2D eigenvalue weighted by molar-refractivity contribution is 7.98. The Balaban J connectivity index is 1.63. The standard InChI is InChI=1S/C21H25N7O2S/c1-4-5-11-27-18-17(19(29)23-20(27)30)26(3)16(22-18)13-31-21-25-24-14(2)28(21)12-15-9-7-6-8-10-15/h6-10H,4-5,11-13H2,1-3H3,(H,23,29,30). The van der Waals surface area contributed by atoms with Crippen molar-refractivity contribution in [3.8, 4) is 0 Å². The number of rotatable bonds is 8. The second-order valence-electron chi connectivity index (χ2n) is 7.41. The molecule has 3 heterocycles. The van der Waals surface area contributed by atoms with E-state index in [1.807, 2.05) is 25.1 Å². The molecule has 0 saturated carbocycles. The molecule has 4 rings (SSSR count). The van der Waals surface area contributed by atoms with Gasteiger partial charge in [-0.3, -0.25) is 14.3 Å². The molecule has 3 aromatic heterocycles. The van der Waals surface area contributed by atoms with Gasteiger partial charge in [-0.05, 0) is 18.9 Å². The van der Waals surface area contributed by atoms with Gasteiger partial charge < -0.3 is 9.13 Å². The van der Waals surface area contributed by atoms with Gasteiger partial charge in [0, 0.05) is 13.6 Å². The van der Waals surface area contributed by atoms with Crippen LogP contribution in [0.1, 0.15) is 37.0 Å². The Morgan fingerprint density at radius 1 is 1.10 bits per heavy atom. The van der Waals surface area contributed by atoms with Gasteiger partial charge in [-0.15, -0.1) is 10.2 Å². The minimum atomic E-state index is -0.415. The van der Waals surface area contributed by atoms with Gasteiger partial charge in [-0.1, -0.05) is 55.4 Å². The monoisotopic (exact) mass is 439 g/mol. The molecule has 0 unspecified atom stereocenters. The third kappa shape index (κ3) is 4.20. The molecule has 9 nitrogen and oxygen atoms in total. The maximum atomic E-state index is 12.4. The average molecular weight is 440 g/mol. The van der Waals surface area contributed by atoms with E-state index in [4.69, 9.17) is 0 Å². The van der Waals surface area contributed by atoms with E-state index in [1.165, 1.54) is 17.3 Å². The summed E-state index contributed by atoms with van der Waals surface area (Å²) in [5, 5.41) is 9.33. The number of nitrogens with one attached hydrogen (secondary N) is 1. The number of aromatic nitrogens is 7. The fourth-order valence-corrected chi connectivity index (χ4v) is 4.46. The van der Waals surface area contributed by atoms with E-state index in [9.17, 15) is 9.59 Å². The zero-order valence-corrected chi connectivity index (χ0v) is 18.6. The first-order valence-electron chi connectivity index (χ1n) is 10.2. The number of benzene rings is 1. The van der Waals surface area contributed by atoms with Crippen LogP contribution in [-0.2, 0) is 25.9 Å². The molecule has 0 spiro atoms. The van der Waals surface area contributed by atoms with E-state index in [0.717, 1.165) is 23.8 Å². The first-order chi connectivity index (χ1) is 15.0. The van der Waals surface area contributed by atoms with Crippen molar-refractivity contribution < 1.29 is 0 Å². The zero-order valence-electron chi connectivity index (χ0n) is 17.8. The highest BCUT2D eigenvalue weighted by Crippen LogP contribution is 2.23. The molecule has 0 aliphatic rings. The number of fused-ring (bicyclic) bond motifs is 1. The lowest BCUT2D eigenvalue weighted by Crippen LogP contribution is -2.31. The number of imidazole rings is 1. The summed E-state index contributed by atoms with van der Waals surface area (Å²) in [5.74, 6) is 2.04. The minimum Gasteiger partial charge on any atom is -0.325 e. The summed E-state index contributed by atoms with van der Waals surface area (Å²) in [6, 6.07) is 10.2. The molecule has 1 aromatic carbocycles. The molecule has 0 aliphatic carbocycles. The first-order valence-corrected chi connectivity index (χ1v) is 11.2. The van der Waals surface area contributed by atoms with Crippen LogP contribution < -0.4 is 11.2 Å². The van der Waals surface area contributed by atoms with E-state index in [-0.39, 0.29) is 0 Å². The smallest absolute Gasteiger partial charge is 0.325 e. The van der Waals surface area contributed by atoms with Gasteiger partial charge in [-0.25, -0.2) is 9.78 Å². The van der Waals surface area contributed by atoms with E-state index in [2.05, 4.69) is 43.8 Å². The quantitative estimate of drug-likeness (QED) is 0.423. The van der Waals surface area contributed by atoms with Crippen molar-refractivity contribution in [2.45, 2.75) is 50.7 Å². The van der Waals surface area contributed by atoms with E-state index >= 15 is 0 Å². The maximum Gasteiger partial charge on any atom is 0.330 e. The number of nitrogens with zero attached hydrogens (tertiary/aromatic N) is 6. The predicted molar refractivity (Wildman–Crippen MR) is 120 cm³/mol. The van der Waals surface area contributed by atoms with Crippen LogP contribution >= 0.6 is 11.8 Å². The maximum absolute atomic E-state index is 12.4. The summed E-state index contributed by atoms with van der Waals surface area (Å²) in [7, 11) is 1.80. The number of hydrogen-bond donors (Lipinski definition) is 1. The Morgan fingerprint density at radius 2 is 1.87 bits per heavy atom. The van der Waals surface area contributed by atoms with Crippen molar-refractivity contribution in [3.05, 3.63) is 68.4 Å². The molecular formula is C21H25N7O2S. The number of H-pyrrole nitrogens is 1. The van der Waals surface area contributed by atoms with Crippen molar-refractivity contribution in [3.63, 3.8) is 0 Å². The second-order valence-corrected chi connectivity index (χ2v) is 8.36. The Bertz CT molecular complexity index is 1320. The van der Waals surface area contributed by atoms with Gasteiger partial charge in [0.05, 0.1) is 12.3 Å². The number of aryl methyl sites for hydroxylation is 3. The fraction of sp³-hybridized carbons (Fsp3) is 0.381. The molecule has 0 fully saturated rings. The summed E-state index contributed by atoms with van der Waals surface area (Å²) in [5.41, 5.74) is 1.18. The van der Waals surface area contributed by atoms with E-state index in [0.29, 0.717) is 35.8 Å². The molecule has 162 valence electrons. The number of thioether (sulfide) groups is 1. The minimum absolute atomic E-state index is 0.410. The molecule has 0 bridgehead atoms. The SMILES string of the molecule is CCCCn1c(=O)[nH]c(=O)c2c1nc(CSc1nnc(C)n1Cc1ccccc1)n2C. The van der Waals surface area contributed by atoms with Crippen LogP contribution in [0.5, 0.6) is 0 Å². The lowest BCUT2D eigenvalue weighted by molar-refractivity contribution is 0.613. The summed E-state index contributed by atoms with van der Waals surface area (Å²) in [6.45, 7) is 5.20. The summed E-state index contributed by atoms with van der Waals surface area (Å²) >= 11 is 1.51. The van der Waals surface area contributed by atoms with Crippen molar-refractivity contribution in [1.82, 2.24) is 33.9 Å². The highest BCUT2D eigenvalue weighted by Gasteiger charge is 2.18. The molecule has 0 amide bonds. The first kappa shape index (κ1) is 21.1. The second kappa shape index (κ2) is 8.93. The number of aromatic amines is 1. The third-order valence-corrected chi connectivity index (χ3v) is 6.22. The Hall–Kier alpha value is -3.14. The van der Waals surface area contributed by atoms with Crippen LogP contribution in [-0.4, -0.2) is 33.9 Å². The normalized spacial score (nSPS) is 11.5. The van der Waals surface area contributed by atoms with Crippen molar-refractivity contribution in [1.29, 1.82) is 0 Å². The molecular weight excluding hydrogens is 414 g/mol. The highest BCUT2D eigenvalue weighted by atomic mass is 32.2. The Kier molecular flexibility index (Phi) is 6.08. The lowest BCUT2D eigenvalue weighted by Gasteiger charge is -2.08. The van der Waals surface area contributed by atoms with Crippen LogP contribution in [0.15, 0.2) is 45.1 Å². The van der Waals surface area contributed by atoms with Crippen LogP contribution in [0.25, 0.3) is 11.2 Å². The largest absolute Gasteiger partial charge is 0.330 e. The third-order valence-electron chi connectivity index (χ3n) is 5.26. The Labute approximate surface area is 183 Å². The van der Waals surface area contributed by atoms with Gasteiger partial charge in [0.15, 0.2) is 16.3 Å². The molecule has 0 atom stereocenters. The summed E-state index contributed by atoms with van der Waals surface area (Å²) < 4.78 is 5.37. The lowest BCUT2D eigenvalue weighted by atomic mass is 10.2. The van der Waals surface area contributed by atoms with Crippen LogP contribution in [0.2, 0.25) is 0 Å². The number of unbranched alkanes of at least 4 members (excludes halogenated alkanes) is 1. The molecule has 31 heavy (non-hydrogen) atoms. The van der Waals surface area contributed by atoms with Gasteiger partial charge in [0.1, 0.15) is 11.6 Å². The fourth-order valence-electron chi connectivity index (χ4n) is 3.49. The van der Waals surface area contributed by atoms with Gasteiger partial charge >= 0.3 is 5.69 Å². The van der Waals surface area contributed by atoms with Crippen LogP contribution in [0.4, 0.5) is 0 Å². The molecule has 4 aromatic rings. The average Bonchev–Trinajstić information content (AvgIpc) is 3.27. The van der Waals surface area contributed by atoms with Crippen molar-refractivity contribution in [2.24, 2.45) is 7.05 Å². The topological polar surface area (TPSA) is 103 Å². The molecule has 0 aliphatic heterocycles. The van der Waals surface area contributed by atoms with Crippen molar-refractivity contribution >= 4 is 22.9 Å². The van der Waals surface area contributed by atoms with Gasteiger partial charge in [0.25, 0.3) is 5.56 Å². The molecule has 1 N–H and O–H groups in total. The Morgan fingerprint density at radius 3 is 2.61 bits per heavy atom. The molecule has 10 heteroatoms. The van der Waals surface area contributed by atoms with E-state index < -0.39 is 11.2 Å². The zero-order chi connectivity index (χ0) is 22.0. The summed E-state index contributed by atoms with van der Waals surface area (Å²) in [4.78, 5) is 31.8. The summed E-state index contributed by atoms with van der Waals surface area (Å²) in [6.07, 6.45) is 1.78. The molecule has 0 saturated heterocycles. The predicted octanol–water partition coefficient (Wildman–Crippen LogP) is 2.46. The van der Waals surface area contributed by atoms with Gasteiger partial charge in [-0.2, -0.15) is 0 Å².